The number of para-hydroxylation sites is 1. The third-order valence-electron chi connectivity index (χ3n) is 5.81. The maximum atomic E-state index is 13.2. The molecule has 7 nitrogen and oxygen atoms in total. The zero-order valence-corrected chi connectivity index (χ0v) is 22.9. The number of aryl methyl sites for hydroxylation is 3. The molecule has 4 aromatic rings. The molecule has 192 valence electrons. The molecule has 3 aromatic carbocycles. The molecule has 0 aliphatic heterocycles. The highest BCUT2D eigenvalue weighted by Crippen LogP contribution is 2.30. The van der Waals surface area contributed by atoms with E-state index in [1.54, 1.807) is 28.8 Å². The highest BCUT2D eigenvalue weighted by atomic mass is 32.2. The summed E-state index contributed by atoms with van der Waals surface area (Å²) in [6.07, 6.45) is 0.556. The normalized spacial score (nSPS) is 12.3. The van der Waals surface area contributed by atoms with E-state index in [9.17, 15) is 13.2 Å². The van der Waals surface area contributed by atoms with E-state index in [1.165, 1.54) is 11.8 Å². The molecule has 1 unspecified atom stereocenters. The molecule has 1 amide bonds. The molecule has 0 aliphatic rings. The van der Waals surface area contributed by atoms with Crippen molar-refractivity contribution < 1.29 is 13.2 Å². The van der Waals surface area contributed by atoms with Crippen molar-refractivity contribution in [2.45, 2.75) is 55.2 Å². The van der Waals surface area contributed by atoms with Crippen molar-refractivity contribution in [2.75, 3.05) is 5.32 Å². The molecule has 1 atom stereocenters. The summed E-state index contributed by atoms with van der Waals surface area (Å²) in [6.45, 7) is 7.82. The lowest BCUT2D eigenvalue weighted by Gasteiger charge is -2.16. The second-order valence-electron chi connectivity index (χ2n) is 9.02. The van der Waals surface area contributed by atoms with Gasteiger partial charge in [0.05, 0.1) is 10.1 Å². The largest absolute Gasteiger partial charge is 0.325 e. The summed E-state index contributed by atoms with van der Waals surface area (Å²) in [5.41, 5.74) is 4.60. The maximum Gasteiger partial charge on any atom is 0.237 e. The minimum absolute atomic E-state index is 0.145. The maximum absolute atomic E-state index is 13.2. The third-order valence-corrected chi connectivity index (χ3v) is 8.75. The lowest BCUT2D eigenvalue weighted by molar-refractivity contribution is -0.115. The number of nitrogens with zero attached hydrogens (tertiary/aromatic N) is 3. The Hall–Kier alpha value is -3.43. The van der Waals surface area contributed by atoms with Crippen LogP contribution in [-0.4, -0.2) is 34.3 Å². The van der Waals surface area contributed by atoms with Crippen LogP contribution in [0.25, 0.3) is 5.69 Å². The predicted molar refractivity (Wildman–Crippen MR) is 148 cm³/mol. The number of amides is 1. The Balaban J connectivity index is 1.64. The first-order valence-electron chi connectivity index (χ1n) is 12.0. The van der Waals surface area contributed by atoms with Gasteiger partial charge in [-0.2, -0.15) is 0 Å². The number of anilines is 1. The zero-order chi connectivity index (χ0) is 26.6. The van der Waals surface area contributed by atoms with Gasteiger partial charge in [0.2, 0.25) is 5.91 Å². The Bertz CT molecular complexity index is 1480. The fourth-order valence-electron chi connectivity index (χ4n) is 4.02. The van der Waals surface area contributed by atoms with E-state index >= 15 is 0 Å². The SMILES string of the molecule is CCC(Sc1nnc(CS(=O)(=O)c2ccc(C)cc2)n1-c1ccccc1)C(=O)Nc1cc(C)cc(C)c1. The Kier molecular flexibility index (Phi) is 8.14. The van der Waals surface area contributed by atoms with Gasteiger partial charge in [0.15, 0.2) is 20.8 Å². The van der Waals surface area contributed by atoms with Crippen molar-refractivity contribution in [1.82, 2.24) is 14.8 Å². The van der Waals surface area contributed by atoms with Crippen molar-refractivity contribution >= 4 is 33.2 Å². The van der Waals surface area contributed by atoms with Crippen molar-refractivity contribution in [3.8, 4) is 5.69 Å². The van der Waals surface area contributed by atoms with Crippen molar-refractivity contribution in [3.05, 3.63) is 95.3 Å². The number of thioether (sulfide) groups is 1. The van der Waals surface area contributed by atoms with Gasteiger partial charge in [-0.05, 0) is 74.7 Å². The van der Waals surface area contributed by atoms with E-state index in [1.807, 2.05) is 70.2 Å². The van der Waals surface area contributed by atoms with Gasteiger partial charge >= 0.3 is 0 Å². The lowest BCUT2D eigenvalue weighted by atomic mass is 10.1. The predicted octanol–water partition coefficient (Wildman–Crippen LogP) is 5.68. The average molecular weight is 535 g/mol. The van der Waals surface area contributed by atoms with Gasteiger partial charge in [-0.1, -0.05) is 60.6 Å². The molecule has 0 fully saturated rings. The quantitative estimate of drug-likeness (QED) is 0.278. The van der Waals surface area contributed by atoms with Crippen LogP contribution in [-0.2, 0) is 20.4 Å². The van der Waals surface area contributed by atoms with Crippen LogP contribution in [0.1, 0.15) is 35.9 Å². The number of sulfone groups is 1. The van der Waals surface area contributed by atoms with Crippen LogP contribution in [0.2, 0.25) is 0 Å². The molecule has 0 bridgehead atoms. The summed E-state index contributed by atoms with van der Waals surface area (Å²) in [6, 6.07) is 22.0. The van der Waals surface area contributed by atoms with Crippen LogP contribution in [0, 0.1) is 20.8 Å². The van der Waals surface area contributed by atoms with Crippen LogP contribution in [0.15, 0.2) is 82.8 Å². The van der Waals surface area contributed by atoms with E-state index in [0.29, 0.717) is 17.4 Å². The van der Waals surface area contributed by atoms with Gasteiger partial charge in [0, 0.05) is 11.4 Å². The molecule has 4 rings (SSSR count). The number of hydrogen-bond donors (Lipinski definition) is 1. The van der Waals surface area contributed by atoms with Crippen LogP contribution in [0.5, 0.6) is 0 Å². The van der Waals surface area contributed by atoms with E-state index in [2.05, 4.69) is 21.6 Å². The minimum atomic E-state index is -3.66. The van der Waals surface area contributed by atoms with Crippen LogP contribution in [0.3, 0.4) is 0 Å². The number of hydrogen-bond acceptors (Lipinski definition) is 6. The fourth-order valence-corrected chi connectivity index (χ4v) is 6.26. The highest BCUT2D eigenvalue weighted by molar-refractivity contribution is 8.00. The van der Waals surface area contributed by atoms with Crippen molar-refractivity contribution in [3.63, 3.8) is 0 Å². The molecule has 37 heavy (non-hydrogen) atoms. The third kappa shape index (κ3) is 6.47. The van der Waals surface area contributed by atoms with Gasteiger partial charge in [-0.3, -0.25) is 9.36 Å². The first kappa shape index (κ1) is 26.6. The van der Waals surface area contributed by atoms with Gasteiger partial charge in [0.1, 0.15) is 5.75 Å². The lowest BCUT2D eigenvalue weighted by Crippen LogP contribution is -2.25. The van der Waals surface area contributed by atoms with Gasteiger partial charge < -0.3 is 5.32 Å². The second kappa shape index (κ2) is 11.3. The molecule has 0 aliphatic carbocycles. The highest BCUT2D eigenvalue weighted by Gasteiger charge is 2.26. The van der Waals surface area contributed by atoms with Crippen molar-refractivity contribution in [1.29, 1.82) is 0 Å². The zero-order valence-electron chi connectivity index (χ0n) is 21.3. The van der Waals surface area contributed by atoms with Crippen molar-refractivity contribution in [2.24, 2.45) is 0 Å². The Morgan fingerprint density at radius 2 is 1.57 bits per heavy atom. The molecule has 0 saturated carbocycles. The standard InChI is InChI=1S/C28H30N4O3S2/c1-5-25(27(33)29-22-16-20(3)15-21(4)17-22)36-28-31-30-26(32(28)23-9-7-6-8-10-23)18-37(34,35)24-13-11-19(2)12-14-24/h6-17,25H,5,18H2,1-4H3,(H,29,33). The molecular formula is C28H30N4O3S2. The Labute approximate surface area is 222 Å². The smallest absolute Gasteiger partial charge is 0.237 e. The van der Waals surface area contributed by atoms with Crippen LogP contribution >= 0.6 is 11.8 Å². The number of rotatable bonds is 9. The molecule has 1 N–H and O–H groups in total. The molecule has 1 heterocycles. The summed E-state index contributed by atoms with van der Waals surface area (Å²) in [7, 11) is -3.66. The minimum Gasteiger partial charge on any atom is -0.325 e. The van der Waals surface area contributed by atoms with Crippen LogP contribution < -0.4 is 5.32 Å². The first-order chi connectivity index (χ1) is 17.7. The summed E-state index contributed by atoms with van der Waals surface area (Å²) in [4.78, 5) is 13.4. The van der Waals surface area contributed by atoms with Gasteiger partial charge in [-0.15, -0.1) is 10.2 Å². The summed E-state index contributed by atoms with van der Waals surface area (Å²) in [5, 5.41) is 11.6. The molecule has 1 aromatic heterocycles. The number of benzene rings is 3. The first-order valence-corrected chi connectivity index (χ1v) is 14.5. The number of aromatic nitrogens is 3. The average Bonchev–Trinajstić information content (AvgIpc) is 3.23. The van der Waals surface area contributed by atoms with Gasteiger partial charge in [-0.25, -0.2) is 8.42 Å². The molecule has 0 saturated heterocycles. The van der Waals surface area contributed by atoms with Crippen LogP contribution in [0.4, 0.5) is 5.69 Å². The second-order valence-corrected chi connectivity index (χ2v) is 12.2. The Morgan fingerprint density at radius 3 is 2.19 bits per heavy atom. The molecule has 0 spiro atoms. The number of carbonyl (C=O) groups excluding carboxylic acids is 1. The molecule has 9 heteroatoms. The van der Waals surface area contributed by atoms with E-state index < -0.39 is 15.1 Å². The molecule has 0 radical (unpaired) electrons. The van der Waals surface area contributed by atoms with E-state index in [0.717, 1.165) is 28.1 Å². The van der Waals surface area contributed by atoms with E-state index in [-0.39, 0.29) is 16.6 Å². The van der Waals surface area contributed by atoms with E-state index in [4.69, 9.17) is 0 Å². The monoisotopic (exact) mass is 534 g/mol. The summed E-state index contributed by atoms with van der Waals surface area (Å²) >= 11 is 1.27. The molecular weight excluding hydrogens is 504 g/mol. The van der Waals surface area contributed by atoms with Gasteiger partial charge in [0.25, 0.3) is 0 Å². The fraction of sp³-hybridized carbons (Fsp3) is 0.250. The topological polar surface area (TPSA) is 93.9 Å². The summed E-state index contributed by atoms with van der Waals surface area (Å²) < 4.78 is 28.1. The number of nitrogens with one attached hydrogen (secondary N) is 1. The summed E-state index contributed by atoms with van der Waals surface area (Å²) in [5.74, 6) is -0.169. The Morgan fingerprint density at radius 1 is 0.919 bits per heavy atom. The number of carbonyl (C=O) groups is 1.